The molecule has 0 bridgehead atoms. The number of piperidine rings is 1. The molecule has 3 rings (SSSR count). The Morgan fingerprint density at radius 2 is 1.75 bits per heavy atom. The summed E-state index contributed by atoms with van der Waals surface area (Å²) in [7, 11) is -3.62. The van der Waals surface area contributed by atoms with Crippen LogP contribution in [0.2, 0.25) is 0 Å². The van der Waals surface area contributed by atoms with Gasteiger partial charge in [0.25, 0.3) is 0 Å². The van der Waals surface area contributed by atoms with E-state index >= 15 is 0 Å². The van der Waals surface area contributed by atoms with Gasteiger partial charge in [-0.2, -0.15) is 4.31 Å². The molecule has 0 radical (unpaired) electrons. The molecule has 2 aliphatic rings. The van der Waals surface area contributed by atoms with Crippen molar-refractivity contribution in [3.63, 3.8) is 0 Å². The molecule has 0 unspecified atom stereocenters. The number of urea groups is 1. The minimum Gasteiger partial charge on any atom is -0.378 e. The summed E-state index contributed by atoms with van der Waals surface area (Å²) in [5, 5.41) is 7.89. The van der Waals surface area contributed by atoms with Crippen LogP contribution >= 0.6 is 0 Å². The van der Waals surface area contributed by atoms with E-state index in [1.165, 1.54) is 4.31 Å². The highest BCUT2D eigenvalue weighted by Gasteiger charge is 2.27. The number of morpholine rings is 1. The monoisotopic (exact) mass is 467 g/mol. The number of hydrogen-bond donors (Lipinski definition) is 3. The summed E-state index contributed by atoms with van der Waals surface area (Å²) in [4.78, 5) is 26.3. The summed E-state index contributed by atoms with van der Waals surface area (Å²) < 4.78 is 33.2. The van der Waals surface area contributed by atoms with Crippen LogP contribution in [0.25, 0.3) is 0 Å². The van der Waals surface area contributed by atoms with E-state index < -0.39 is 22.0 Å². The highest BCUT2D eigenvalue weighted by Crippen LogP contribution is 2.31. The van der Waals surface area contributed by atoms with Crippen molar-refractivity contribution in [2.75, 3.05) is 56.2 Å². The number of imide groups is 1. The van der Waals surface area contributed by atoms with E-state index in [2.05, 4.69) is 20.9 Å². The maximum Gasteiger partial charge on any atom is 0.321 e. The highest BCUT2D eigenvalue weighted by molar-refractivity contribution is 7.89. The Labute approximate surface area is 189 Å². The average Bonchev–Trinajstić information content (AvgIpc) is 2.78. The van der Waals surface area contributed by atoms with Crippen molar-refractivity contribution in [2.24, 2.45) is 0 Å². The number of benzene rings is 1. The molecule has 2 fully saturated rings. The lowest BCUT2D eigenvalue weighted by Crippen LogP contribution is -2.44. The predicted molar refractivity (Wildman–Crippen MR) is 122 cm³/mol. The molecule has 0 spiro atoms. The van der Waals surface area contributed by atoms with Crippen molar-refractivity contribution in [1.29, 1.82) is 0 Å². The van der Waals surface area contributed by atoms with Crippen LogP contribution in [0.1, 0.15) is 33.1 Å². The SMILES string of the molecule is CC(C)NC(=O)NC(=O)CNc1cc(S(=O)(=O)N2CCCCC2)ccc1N1CCOCC1. The van der Waals surface area contributed by atoms with Crippen molar-refractivity contribution in [1.82, 2.24) is 14.9 Å². The van der Waals surface area contributed by atoms with Gasteiger partial charge in [0.1, 0.15) is 0 Å². The molecule has 1 aromatic rings. The van der Waals surface area contributed by atoms with Crippen LogP contribution in [-0.4, -0.2) is 76.6 Å². The topological polar surface area (TPSA) is 120 Å². The molecule has 11 heteroatoms. The number of nitrogens with one attached hydrogen (secondary N) is 3. The van der Waals surface area contributed by atoms with Crippen molar-refractivity contribution in [2.45, 2.75) is 44.0 Å². The van der Waals surface area contributed by atoms with Gasteiger partial charge in [-0.25, -0.2) is 13.2 Å². The Morgan fingerprint density at radius 3 is 2.41 bits per heavy atom. The Kier molecular flexibility index (Phi) is 8.32. The van der Waals surface area contributed by atoms with Gasteiger partial charge >= 0.3 is 6.03 Å². The average molecular weight is 468 g/mol. The maximum absolute atomic E-state index is 13.1. The van der Waals surface area contributed by atoms with Gasteiger partial charge in [0.15, 0.2) is 0 Å². The molecule has 10 nitrogen and oxygen atoms in total. The van der Waals surface area contributed by atoms with E-state index in [1.807, 2.05) is 0 Å². The number of anilines is 2. The molecule has 0 atom stereocenters. The molecule has 2 saturated heterocycles. The minimum absolute atomic E-state index is 0.0969. The van der Waals surface area contributed by atoms with E-state index in [-0.39, 0.29) is 17.5 Å². The number of carbonyl (C=O) groups excluding carboxylic acids is 2. The third-order valence-corrected chi connectivity index (χ3v) is 7.28. The van der Waals surface area contributed by atoms with E-state index in [0.29, 0.717) is 45.1 Å². The number of nitrogens with zero attached hydrogens (tertiary/aromatic N) is 2. The third kappa shape index (κ3) is 6.33. The first-order chi connectivity index (χ1) is 15.3. The zero-order valence-electron chi connectivity index (χ0n) is 18.7. The van der Waals surface area contributed by atoms with Crippen LogP contribution in [0.4, 0.5) is 16.2 Å². The first-order valence-corrected chi connectivity index (χ1v) is 12.5. The molecule has 32 heavy (non-hydrogen) atoms. The summed E-state index contributed by atoms with van der Waals surface area (Å²) in [5.41, 5.74) is 1.33. The van der Waals surface area contributed by atoms with Gasteiger partial charge in [0.05, 0.1) is 36.0 Å². The zero-order valence-corrected chi connectivity index (χ0v) is 19.5. The molecule has 178 valence electrons. The fourth-order valence-electron chi connectivity index (χ4n) is 3.80. The van der Waals surface area contributed by atoms with Gasteiger partial charge in [-0.3, -0.25) is 10.1 Å². The number of ether oxygens (including phenoxy) is 1. The number of amides is 3. The highest BCUT2D eigenvalue weighted by atomic mass is 32.2. The van der Waals surface area contributed by atoms with Crippen molar-refractivity contribution >= 4 is 33.3 Å². The van der Waals surface area contributed by atoms with Crippen LogP contribution in [0.3, 0.4) is 0 Å². The van der Waals surface area contributed by atoms with Gasteiger partial charge in [-0.05, 0) is 44.9 Å². The number of hydrogen-bond acceptors (Lipinski definition) is 7. The molecular weight excluding hydrogens is 434 g/mol. The molecule has 2 heterocycles. The van der Waals surface area contributed by atoms with E-state index in [0.717, 1.165) is 24.9 Å². The molecule has 0 saturated carbocycles. The summed E-state index contributed by atoms with van der Waals surface area (Å²) in [6.07, 6.45) is 2.75. The first kappa shape index (κ1) is 24.3. The molecule has 0 aliphatic carbocycles. The second-order valence-electron chi connectivity index (χ2n) is 8.27. The molecule has 3 amide bonds. The summed E-state index contributed by atoms with van der Waals surface area (Å²) in [6.45, 7) is 6.93. The quantitative estimate of drug-likeness (QED) is 0.554. The molecular formula is C21H33N5O5S. The van der Waals surface area contributed by atoms with Crippen molar-refractivity contribution in [3.8, 4) is 0 Å². The molecule has 3 N–H and O–H groups in total. The maximum atomic E-state index is 13.1. The lowest BCUT2D eigenvalue weighted by Gasteiger charge is -2.31. The van der Waals surface area contributed by atoms with Crippen LogP contribution in [0, 0.1) is 0 Å². The van der Waals surface area contributed by atoms with E-state index in [9.17, 15) is 18.0 Å². The van der Waals surface area contributed by atoms with Gasteiger partial charge < -0.3 is 20.3 Å². The Bertz CT molecular complexity index is 909. The second kappa shape index (κ2) is 11.0. The van der Waals surface area contributed by atoms with Crippen LogP contribution < -0.4 is 20.9 Å². The lowest BCUT2D eigenvalue weighted by molar-refractivity contribution is -0.118. The smallest absolute Gasteiger partial charge is 0.321 e. The van der Waals surface area contributed by atoms with Gasteiger partial charge in [0.2, 0.25) is 15.9 Å². The first-order valence-electron chi connectivity index (χ1n) is 11.1. The second-order valence-corrected chi connectivity index (χ2v) is 10.2. The lowest BCUT2D eigenvalue weighted by atomic mass is 10.2. The van der Waals surface area contributed by atoms with Gasteiger partial charge in [0, 0.05) is 32.2 Å². The predicted octanol–water partition coefficient (Wildman–Crippen LogP) is 1.34. The fraction of sp³-hybridized carbons (Fsp3) is 0.619. The Morgan fingerprint density at radius 1 is 1.06 bits per heavy atom. The number of sulfonamides is 1. The van der Waals surface area contributed by atoms with Crippen molar-refractivity contribution < 1.29 is 22.7 Å². The van der Waals surface area contributed by atoms with Gasteiger partial charge in [-0.1, -0.05) is 6.42 Å². The largest absolute Gasteiger partial charge is 0.378 e. The Hall–Kier alpha value is -2.37. The van der Waals surface area contributed by atoms with E-state index in [1.54, 1.807) is 32.0 Å². The Balaban J connectivity index is 1.79. The molecule has 0 aromatic heterocycles. The summed E-state index contributed by atoms with van der Waals surface area (Å²) in [5.74, 6) is -0.514. The standard InChI is InChI=1S/C21H33N5O5S/c1-16(2)23-21(28)24-20(27)15-22-18-14-17(32(29,30)26-8-4-3-5-9-26)6-7-19(18)25-10-12-31-13-11-25/h6-7,14,16,22H,3-5,8-13,15H2,1-2H3,(H2,23,24,27,28). The fourth-order valence-corrected chi connectivity index (χ4v) is 5.34. The number of carbonyl (C=O) groups is 2. The van der Waals surface area contributed by atoms with E-state index in [4.69, 9.17) is 4.74 Å². The van der Waals surface area contributed by atoms with Crippen LogP contribution in [0.15, 0.2) is 23.1 Å². The minimum atomic E-state index is -3.62. The molecule has 2 aliphatic heterocycles. The number of rotatable bonds is 7. The van der Waals surface area contributed by atoms with Crippen LogP contribution in [0.5, 0.6) is 0 Å². The van der Waals surface area contributed by atoms with Crippen molar-refractivity contribution in [3.05, 3.63) is 18.2 Å². The summed E-state index contributed by atoms with van der Waals surface area (Å²) >= 11 is 0. The normalized spacial score (nSPS) is 17.8. The van der Waals surface area contributed by atoms with Gasteiger partial charge in [-0.15, -0.1) is 0 Å². The molecule has 1 aromatic carbocycles. The zero-order chi connectivity index (χ0) is 23.1. The van der Waals surface area contributed by atoms with Crippen LogP contribution in [-0.2, 0) is 19.6 Å². The third-order valence-electron chi connectivity index (χ3n) is 5.38. The summed E-state index contributed by atoms with van der Waals surface area (Å²) in [6, 6.07) is 4.31.